The smallest absolute Gasteiger partial charge is 0.374 e. The van der Waals surface area contributed by atoms with Gasteiger partial charge >= 0.3 is 8.17 Å². The maximum Gasteiger partial charge on any atom is 0.570 e. The van der Waals surface area contributed by atoms with E-state index < -0.39 is 39.1 Å². The van der Waals surface area contributed by atoms with Gasteiger partial charge in [-0.05, 0) is 0 Å². The van der Waals surface area contributed by atoms with Gasteiger partial charge in [-0.2, -0.15) is 14.3 Å². The van der Waals surface area contributed by atoms with Crippen LogP contribution in [0.15, 0.2) is 11.5 Å². The molecule has 0 amide bonds. The Bertz CT molecular complexity index is 566. The third kappa shape index (κ3) is 2.88. The standard InChI is InChI=1S/C12H23N5O7P/c1-20-8-7-5(3-22-25(18,19)24-7)23-11(8)17-10-6(16-12(17)21-2)9(13)14-4-15-10/h5,7-9,11-12,14-16,18-19H,3-4,13H2,1-2H3/q+1/t5-,7-,8?,9?,11?,12?/m1/s1. The Morgan fingerprint density at radius 1 is 1.32 bits per heavy atom. The van der Waals surface area contributed by atoms with Crippen molar-refractivity contribution in [2.45, 2.75) is 37.1 Å². The molecular weight excluding hydrogens is 357 g/mol. The second kappa shape index (κ2) is 6.43. The number of methoxy groups -OCH3 is 2. The third-order valence-corrected chi connectivity index (χ3v) is 5.66. The second-order valence-electron chi connectivity index (χ2n) is 6.06. The molecule has 7 N–H and O–H groups in total. The minimum Gasteiger partial charge on any atom is -0.374 e. The number of ether oxygens (including phenoxy) is 3. The Morgan fingerprint density at radius 2 is 2.12 bits per heavy atom. The first-order valence-corrected chi connectivity index (χ1v) is 9.38. The minimum absolute atomic E-state index is 0.00112. The SMILES string of the molecule is COC1C(N2C3=C(NC2OC)C(N)NCN3)O[C@@H]2CO[P+](O)(O)O[C@@H]12. The zero-order chi connectivity index (χ0) is 17.8. The molecule has 4 heterocycles. The van der Waals surface area contributed by atoms with Crippen molar-refractivity contribution in [2.24, 2.45) is 5.73 Å². The molecule has 4 aliphatic heterocycles. The lowest BCUT2D eigenvalue weighted by molar-refractivity contribution is -0.151. The molecule has 6 atom stereocenters. The highest BCUT2D eigenvalue weighted by Gasteiger charge is 2.62. The van der Waals surface area contributed by atoms with Crippen molar-refractivity contribution in [1.82, 2.24) is 20.9 Å². The van der Waals surface area contributed by atoms with Crippen LogP contribution in [-0.4, -0.2) is 79.2 Å². The number of nitrogens with zero attached hydrogens (tertiary/aromatic N) is 1. The normalized spacial score (nSPS) is 42.7. The topological polar surface area (TPSA) is 152 Å². The molecule has 2 fully saturated rings. The van der Waals surface area contributed by atoms with Crippen molar-refractivity contribution < 1.29 is 33.0 Å². The van der Waals surface area contributed by atoms with Gasteiger partial charge in [0.1, 0.15) is 30.8 Å². The number of fused-ring (bicyclic) bond motifs is 1. The van der Waals surface area contributed by atoms with Gasteiger partial charge in [0, 0.05) is 14.2 Å². The molecule has 0 aliphatic carbocycles. The molecule has 142 valence electrons. The molecule has 2 saturated heterocycles. The van der Waals surface area contributed by atoms with E-state index in [-0.39, 0.29) is 12.8 Å². The summed E-state index contributed by atoms with van der Waals surface area (Å²) in [5.41, 5.74) is 6.83. The number of hydrogen-bond donors (Lipinski definition) is 6. The summed E-state index contributed by atoms with van der Waals surface area (Å²) in [4.78, 5) is 21.3. The average Bonchev–Trinajstić information content (AvgIpc) is 3.11. The van der Waals surface area contributed by atoms with E-state index in [1.807, 2.05) is 4.90 Å². The molecule has 12 nitrogen and oxygen atoms in total. The maximum atomic E-state index is 9.72. The lowest BCUT2D eigenvalue weighted by atomic mass is 10.1. The van der Waals surface area contributed by atoms with Gasteiger partial charge in [0.05, 0.1) is 12.4 Å². The predicted molar refractivity (Wildman–Crippen MR) is 83.6 cm³/mol. The van der Waals surface area contributed by atoms with E-state index in [1.165, 1.54) is 7.11 Å². The van der Waals surface area contributed by atoms with Crippen LogP contribution in [0.1, 0.15) is 0 Å². The molecule has 0 spiro atoms. The fraction of sp³-hybridized carbons (Fsp3) is 0.833. The highest BCUT2D eigenvalue weighted by Crippen LogP contribution is 2.58. The second-order valence-corrected chi connectivity index (χ2v) is 7.51. The van der Waals surface area contributed by atoms with Gasteiger partial charge < -0.3 is 30.6 Å². The first kappa shape index (κ1) is 17.6. The van der Waals surface area contributed by atoms with E-state index in [4.69, 9.17) is 29.0 Å². The zero-order valence-corrected chi connectivity index (χ0v) is 14.7. The summed E-state index contributed by atoms with van der Waals surface area (Å²) in [6.45, 7) is 0.481. The molecule has 4 unspecified atom stereocenters. The first-order valence-electron chi connectivity index (χ1n) is 7.85. The van der Waals surface area contributed by atoms with Gasteiger partial charge in [0.15, 0.2) is 12.3 Å². The Morgan fingerprint density at radius 3 is 2.84 bits per heavy atom. The minimum atomic E-state index is -3.86. The zero-order valence-electron chi connectivity index (χ0n) is 13.8. The summed E-state index contributed by atoms with van der Waals surface area (Å²) in [6, 6.07) is 0. The Hall–Kier alpha value is -0.790. The fourth-order valence-electron chi connectivity index (χ4n) is 3.53. The van der Waals surface area contributed by atoms with Crippen molar-refractivity contribution in [3.63, 3.8) is 0 Å². The summed E-state index contributed by atoms with van der Waals surface area (Å²) >= 11 is 0. The molecule has 25 heavy (non-hydrogen) atoms. The molecule has 0 radical (unpaired) electrons. The number of rotatable bonds is 3. The van der Waals surface area contributed by atoms with Crippen molar-refractivity contribution in [3.05, 3.63) is 11.5 Å². The van der Waals surface area contributed by atoms with Gasteiger partial charge in [-0.3, -0.25) is 10.2 Å². The van der Waals surface area contributed by atoms with Gasteiger partial charge in [-0.1, -0.05) is 0 Å². The van der Waals surface area contributed by atoms with Crippen LogP contribution in [0.5, 0.6) is 0 Å². The lowest BCUT2D eigenvalue weighted by Crippen LogP contribution is -2.54. The van der Waals surface area contributed by atoms with Crippen LogP contribution < -0.4 is 21.7 Å². The highest BCUT2D eigenvalue weighted by molar-refractivity contribution is 7.54. The molecule has 0 saturated carbocycles. The molecule has 0 aromatic heterocycles. The fourth-order valence-corrected chi connectivity index (χ4v) is 4.51. The summed E-state index contributed by atoms with van der Waals surface area (Å²) in [5, 5.41) is 9.49. The van der Waals surface area contributed by atoms with Crippen molar-refractivity contribution in [1.29, 1.82) is 0 Å². The van der Waals surface area contributed by atoms with Crippen LogP contribution >= 0.6 is 8.17 Å². The van der Waals surface area contributed by atoms with Gasteiger partial charge in [0.25, 0.3) is 0 Å². The van der Waals surface area contributed by atoms with E-state index in [9.17, 15) is 9.79 Å². The Kier molecular flexibility index (Phi) is 4.53. The molecule has 0 bridgehead atoms. The van der Waals surface area contributed by atoms with E-state index in [0.717, 1.165) is 11.5 Å². The molecule has 4 rings (SSSR count). The molecule has 0 aromatic rings. The number of nitrogens with two attached hydrogens (primary N) is 1. The first-order chi connectivity index (χ1) is 11.9. The summed E-state index contributed by atoms with van der Waals surface area (Å²) < 4.78 is 27.4. The predicted octanol–water partition coefficient (Wildman–Crippen LogP) is -2.76. The van der Waals surface area contributed by atoms with Gasteiger partial charge in [0.2, 0.25) is 6.35 Å². The lowest BCUT2D eigenvalue weighted by Gasteiger charge is -2.35. The van der Waals surface area contributed by atoms with E-state index in [0.29, 0.717) is 6.67 Å². The van der Waals surface area contributed by atoms with Crippen molar-refractivity contribution in [2.75, 3.05) is 27.5 Å². The van der Waals surface area contributed by atoms with Gasteiger partial charge in [-0.15, -0.1) is 4.52 Å². The largest absolute Gasteiger partial charge is 0.570 e. The molecule has 13 heteroatoms. The van der Waals surface area contributed by atoms with Crippen molar-refractivity contribution in [3.8, 4) is 0 Å². The summed E-state index contributed by atoms with van der Waals surface area (Å²) in [7, 11) is -0.787. The Balaban J connectivity index is 1.63. The van der Waals surface area contributed by atoms with E-state index in [2.05, 4.69) is 16.0 Å². The Labute approximate surface area is 144 Å². The van der Waals surface area contributed by atoms with Crippen LogP contribution in [0.25, 0.3) is 0 Å². The van der Waals surface area contributed by atoms with Crippen LogP contribution in [0.3, 0.4) is 0 Å². The number of nitrogens with one attached hydrogen (secondary N) is 3. The van der Waals surface area contributed by atoms with Gasteiger partial charge in [-0.25, -0.2) is 0 Å². The molecule has 4 aliphatic rings. The summed E-state index contributed by atoms with van der Waals surface area (Å²) in [6.07, 6.45) is -3.28. The van der Waals surface area contributed by atoms with Crippen LogP contribution in [0.2, 0.25) is 0 Å². The third-order valence-electron chi connectivity index (χ3n) is 4.65. The maximum absolute atomic E-state index is 9.72. The van der Waals surface area contributed by atoms with Crippen LogP contribution in [0, 0.1) is 0 Å². The average molecular weight is 380 g/mol. The van der Waals surface area contributed by atoms with E-state index >= 15 is 0 Å². The monoisotopic (exact) mass is 380 g/mol. The van der Waals surface area contributed by atoms with E-state index in [1.54, 1.807) is 7.11 Å². The molecule has 0 aromatic carbocycles. The molecular formula is C12H23N5O7P+. The highest BCUT2D eigenvalue weighted by atomic mass is 31.2. The quantitative estimate of drug-likeness (QED) is 0.281. The number of hydrogen-bond acceptors (Lipinski definition) is 12. The van der Waals surface area contributed by atoms with Crippen LogP contribution in [-0.2, 0) is 23.3 Å². The van der Waals surface area contributed by atoms with Crippen molar-refractivity contribution >= 4 is 8.17 Å². The van der Waals surface area contributed by atoms with Crippen LogP contribution in [0.4, 0.5) is 0 Å². The summed E-state index contributed by atoms with van der Waals surface area (Å²) in [5.74, 6) is 0.735.